The molecule has 2 N–H and O–H groups in total. The Bertz CT molecular complexity index is 586. The second kappa shape index (κ2) is 6.77. The smallest absolute Gasteiger partial charge is 0.141 e. The lowest BCUT2D eigenvalue weighted by Gasteiger charge is -2.17. The maximum atomic E-state index is 5.93. The van der Waals surface area contributed by atoms with Gasteiger partial charge in [-0.3, -0.25) is 4.90 Å². The lowest BCUT2D eigenvalue weighted by atomic mass is 10.1. The quantitative estimate of drug-likeness (QED) is 0.848. The highest BCUT2D eigenvalue weighted by atomic mass is 79.9. The molecular formula is C16H19BrN2O. The molecule has 0 bridgehead atoms. The van der Waals surface area contributed by atoms with Crippen LogP contribution in [-0.2, 0) is 13.1 Å². The molecule has 20 heavy (non-hydrogen) atoms. The van der Waals surface area contributed by atoms with E-state index in [4.69, 9.17) is 10.5 Å². The second-order valence-corrected chi connectivity index (χ2v) is 5.79. The van der Waals surface area contributed by atoms with Gasteiger partial charge in [-0.25, -0.2) is 0 Å². The molecule has 2 aromatic carbocycles. The largest absolute Gasteiger partial charge is 0.495 e. The van der Waals surface area contributed by atoms with Gasteiger partial charge in [-0.1, -0.05) is 34.1 Å². The summed E-state index contributed by atoms with van der Waals surface area (Å²) in [6.45, 7) is 1.74. The van der Waals surface area contributed by atoms with Gasteiger partial charge in [0.2, 0.25) is 0 Å². The van der Waals surface area contributed by atoms with E-state index in [0.29, 0.717) is 5.69 Å². The van der Waals surface area contributed by atoms with Gasteiger partial charge in [-0.15, -0.1) is 0 Å². The summed E-state index contributed by atoms with van der Waals surface area (Å²) < 4.78 is 6.28. The normalized spacial score (nSPS) is 10.8. The van der Waals surface area contributed by atoms with Crippen molar-refractivity contribution in [3.05, 3.63) is 58.1 Å². The Morgan fingerprint density at radius 1 is 1.10 bits per heavy atom. The highest BCUT2D eigenvalue weighted by molar-refractivity contribution is 9.10. The van der Waals surface area contributed by atoms with Crippen LogP contribution in [0.5, 0.6) is 5.75 Å². The van der Waals surface area contributed by atoms with E-state index in [-0.39, 0.29) is 0 Å². The number of halogens is 1. The first-order valence-corrected chi connectivity index (χ1v) is 7.23. The molecule has 0 saturated heterocycles. The Morgan fingerprint density at radius 2 is 1.80 bits per heavy atom. The van der Waals surface area contributed by atoms with Gasteiger partial charge in [0.1, 0.15) is 5.75 Å². The van der Waals surface area contributed by atoms with E-state index in [2.05, 4.69) is 46.1 Å². The van der Waals surface area contributed by atoms with Crippen LogP contribution in [-0.4, -0.2) is 19.1 Å². The minimum Gasteiger partial charge on any atom is -0.495 e. The lowest BCUT2D eigenvalue weighted by Crippen LogP contribution is -2.17. The third-order valence-corrected chi connectivity index (χ3v) is 3.58. The van der Waals surface area contributed by atoms with Crippen LogP contribution in [0.4, 0.5) is 5.69 Å². The number of nitrogen functional groups attached to an aromatic ring is 1. The van der Waals surface area contributed by atoms with E-state index in [9.17, 15) is 0 Å². The number of nitrogens with two attached hydrogens (primary N) is 1. The van der Waals surface area contributed by atoms with Crippen molar-refractivity contribution in [1.29, 1.82) is 0 Å². The third kappa shape index (κ3) is 3.99. The van der Waals surface area contributed by atoms with Crippen molar-refractivity contribution in [3.8, 4) is 5.75 Å². The van der Waals surface area contributed by atoms with Gasteiger partial charge in [0.15, 0.2) is 0 Å². The van der Waals surface area contributed by atoms with Gasteiger partial charge >= 0.3 is 0 Å². The standard InChI is InChI=1S/C16H19BrN2O/c1-19(10-12-4-3-5-14(17)8-12)11-13-6-7-16(20-2)15(18)9-13/h3-9H,10-11,18H2,1-2H3. The number of nitrogens with zero attached hydrogens (tertiary/aromatic N) is 1. The average molecular weight is 335 g/mol. The van der Waals surface area contributed by atoms with Crippen molar-refractivity contribution < 1.29 is 4.74 Å². The van der Waals surface area contributed by atoms with Gasteiger partial charge in [0.05, 0.1) is 12.8 Å². The Labute approximate surface area is 128 Å². The van der Waals surface area contributed by atoms with Crippen LogP contribution >= 0.6 is 15.9 Å². The molecule has 0 unspecified atom stereocenters. The maximum absolute atomic E-state index is 5.93. The molecule has 2 rings (SSSR count). The zero-order chi connectivity index (χ0) is 14.5. The average Bonchev–Trinajstić information content (AvgIpc) is 2.38. The molecule has 3 nitrogen and oxygen atoms in total. The van der Waals surface area contributed by atoms with Crippen LogP contribution in [0, 0.1) is 0 Å². The first-order chi connectivity index (χ1) is 9.58. The molecule has 0 spiro atoms. The molecule has 0 fully saturated rings. The molecular weight excluding hydrogens is 316 g/mol. The number of benzene rings is 2. The summed E-state index contributed by atoms with van der Waals surface area (Å²) >= 11 is 3.50. The van der Waals surface area contributed by atoms with Crippen molar-refractivity contribution in [1.82, 2.24) is 4.90 Å². The lowest BCUT2D eigenvalue weighted by molar-refractivity contribution is 0.319. The van der Waals surface area contributed by atoms with Gasteiger partial charge in [0.25, 0.3) is 0 Å². The van der Waals surface area contributed by atoms with E-state index in [1.807, 2.05) is 24.3 Å². The summed E-state index contributed by atoms with van der Waals surface area (Å²) in [6.07, 6.45) is 0. The highest BCUT2D eigenvalue weighted by Gasteiger charge is 2.05. The summed E-state index contributed by atoms with van der Waals surface area (Å²) in [6, 6.07) is 14.3. The number of ether oxygens (including phenoxy) is 1. The van der Waals surface area contributed by atoms with Crippen LogP contribution < -0.4 is 10.5 Å². The number of anilines is 1. The predicted molar refractivity (Wildman–Crippen MR) is 86.7 cm³/mol. The van der Waals surface area contributed by atoms with E-state index in [1.165, 1.54) is 11.1 Å². The number of hydrogen-bond donors (Lipinski definition) is 1. The zero-order valence-electron chi connectivity index (χ0n) is 11.8. The molecule has 4 heteroatoms. The molecule has 0 aliphatic carbocycles. The summed E-state index contributed by atoms with van der Waals surface area (Å²) in [7, 11) is 3.73. The molecule has 0 aromatic heterocycles. The second-order valence-electron chi connectivity index (χ2n) is 4.88. The molecule has 2 aromatic rings. The number of methoxy groups -OCH3 is 1. The fourth-order valence-corrected chi connectivity index (χ4v) is 2.64. The summed E-state index contributed by atoms with van der Waals surface area (Å²) in [5, 5.41) is 0. The molecule has 0 aliphatic rings. The highest BCUT2D eigenvalue weighted by Crippen LogP contribution is 2.23. The van der Waals surface area contributed by atoms with Crippen LogP contribution in [0.15, 0.2) is 46.9 Å². The van der Waals surface area contributed by atoms with Gasteiger partial charge in [-0.2, -0.15) is 0 Å². The third-order valence-electron chi connectivity index (χ3n) is 3.09. The Balaban J connectivity index is 2.01. The molecule has 0 aliphatic heterocycles. The van der Waals surface area contributed by atoms with Crippen LogP contribution in [0.3, 0.4) is 0 Å². The number of rotatable bonds is 5. The molecule has 0 saturated carbocycles. The topological polar surface area (TPSA) is 38.5 Å². The SMILES string of the molecule is COc1ccc(CN(C)Cc2cccc(Br)c2)cc1N. The Kier molecular flexibility index (Phi) is 5.04. The van der Waals surface area contributed by atoms with Crippen LogP contribution in [0.1, 0.15) is 11.1 Å². The van der Waals surface area contributed by atoms with Gasteiger partial charge in [-0.05, 0) is 42.4 Å². The Morgan fingerprint density at radius 3 is 2.40 bits per heavy atom. The maximum Gasteiger partial charge on any atom is 0.141 e. The van der Waals surface area contributed by atoms with E-state index >= 15 is 0 Å². The monoisotopic (exact) mass is 334 g/mol. The molecule has 0 heterocycles. The molecule has 0 atom stereocenters. The molecule has 0 amide bonds. The first kappa shape index (κ1) is 14.9. The summed E-state index contributed by atoms with van der Waals surface area (Å²) in [5.41, 5.74) is 9.07. The van der Waals surface area contributed by atoms with E-state index in [1.54, 1.807) is 7.11 Å². The number of hydrogen-bond acceptors (Lipinski definition) is 3. The fraction of sp³-hybridized carbons (Fsp3) is 0.250. The van der Waals surface area contributed by atoms with Crippen molar-refractivity contribution >= 4 is 21.6 Å². The van der Waals surface area contributed by atoms with Crippen molar-refractivity contribution in [2.45, 2.75) is 13.1 Å². The van der Waals surface area contributed by atoms with Crippen molar-refractivity contribution in [2.75, 3.05) is 19.9 Å². The van der Waals surface area contributed by atoms with Crippen LogP contribution in [0.25, 0.3) is 0 Å². The molecule has 106 valence electrons. The van der Waals surface area contributed by atoms with Gasteiger partial charge in [0, 0.05) is 17.6 Å². The van der Waals surface area contributed by atoms with Gasteiger partial charge < -0.3 is 10.5 Å². The van der Waals surface area contributed by atoms with Crippen LogP contribution in [0.2, 0.25) is 0 Å². The molecule has 0 radical (unpaired) electrons. The minimum absolute atomic E-state index is 0.681. The van der Waals surface area contributed by atoms with E-state index < -0.39 is 0 Å². The predicted octanol–water partition coefficient (Wildman–Crippen LogP) is 3.67. The van der Waals surface area contributed by atoms with Crippen molar-refractivity contribution in [3.63, 3.8) is 0 Å². The van der Waals surface area contributed by atoms with Crippen molar-refractivity contribution in [2.24, 2.45) is 0 Å². The van der Waals surface area contributed by atoms with E-state index in [0.717, 1.165) is 23.3 Å². The summed E-state index contributed by atoms with van der Waals surface area (Å²) in [5.74, 6) is 0.725. The summed E-state index contributed by atoms with van der Waals surface area (Å²) in [4.78, 5) is 2.25. The fourth-order valence-electron chi connectivity index (χ4n) is 2.20. The Hall–Kier alpha value is -1.52. The minimum atomic E-state index is 0.681. The first-order valence-electron chi connectivity index (χ1n) is 6.44. The zero-order valence-corrected chi connectivity index (χ0v) is 13.4.